The molecular weight excluding hydrogens is 382 g/mol. The number of benzene rings is 1. The molecule has 1 spiro atoms. The molecular formula is C20H24ClN3O4. The van der Waals surface area contributed by atoms with E-state index >= 15 is 0 Å². The number of aliphatic hydroxyl groups is 1. The van der Waals surface area contributed by atoms with Gasteiger partial charge in [-0.05, 0) is 44.9 Å². The fraction of sp³-hybridized carbons (Fsp3) is 0.550. The number of hydrogen-bond donors (Lipinski definition) is 3. The number of hydrogen-bond acceptors (Lipinski definition) is 5. The third-order valence-electron chi connectivity index (χ3n) is 6.51. The second kappa shape index (κ2) is 6.27. The maximum Gasteiger partial charge on any atom is 0.250 e. The van der Waals surface area contributed by atoms with Crippen LogP contribution in [0.25, 0.3) is 0 Å². The second-order valence-electron chi connectivity index (χ2n) is 8.13. The lowest BCUT2D eigenvalue weighted by Gasteiger charge is -2.31. The summed E-state index contributed by atoms with van der Waals surface area (Å²) >= 11 is 6.27. The Balaban J connectivity index is 1.94. The summed E-state index contributed by atoms with van der Waals surface area (Å²) in [6.45, 7) is 7.11. The third-order valence-corrected chi connectivity index (χ3v) is 6.72. The predicted octanol–water partition coefficient (Wildman–Crippen LogP) is 1.55. The molecule has 3 aliphatic rings. The largest absolute Gasteiger partial charge is 0.392 e. The SMILES string of the molecule is CC[C@H](C)N1C(=O)[C@@H]2[C@@H]([C@@H](C)O)N[C@@]3(C(=O)Nc4c(C)cc(Cl)cc43)[C@@H]2C1=O. The molecule has 0 bridgehead atoms. The van der Waals surface area contributed by atoms with E-state index < -0.39 is 35.4 Å². The summed E-state index contributed by atoms with van der Waals surface area (Å²) in [4.78, 5) is 41.1. The summed E-state index contributed by atoms with van der Waals surface area (Å²) < 4.78 is 0. The fourth-order valence-corrected chi connectivity index (χ4v) is 5.29. The average Bonchev–Trinajstić information content (AvgIpc) is 3.21. The first-order chi connectivity index (χ1) is 13.1. The summed E-state index contributed by atoms with van der Waals surface area (Å²) in [7, 11) is 0. The molecule has 0 saturated carbocycles. The van der Waals surface area contributed by atoms with Gasteiger partial charge in [0.1, 0.15) is 5.54 Å². The van der Waals surface area contributed by atoms with Crippen LogP contribution in [0.2, 0.25) is 5.02 Å². The van der Waals surface area contributed by atoms with E-state index in [1.165, 1.54) is 4.90 Å². The van der Waals surface area contributed by atoms with Crippen LogP contribution in [0.1, 0.15) is 38.3 Å². The lowest BCUT2D eigenvalue weighted by molar-refractivity contribution is -0.145. The van der Waals surface area contributed by atoms with Gasteiger partial charge in [-0.25, -0.2) is 0 Å². The van der Waals surface area contributed by atoms with E-state index in [9.17, 15) is 19.5 Å². The van der Waals surface area contributed by atoms with E-state index in [0.717, 1.165) is 5.56 Å². The van der Waals surface area contributed by atoms with Crippen molar-refractivity contribution in [2.75, 3.05) is 5.32 Å². The fourth-order valence-electron chi connectivity index (χ4n) is 5.02. The number of aliphatic hydroxyl groups excluding tert-OH is 1. The molecule has 6 atom stereocenters. The molecule has 1 aromatic carbocycles. The van der Waals surface area contributed by atoms with Gasteiger partial charge in [-0.1, -0.05) is 18.5 Å². The highest BCUT2D eigenvalue weighted by Crippen LogP contribution is 2.54. The highest BCUT2D eigenvalue weighted by atomic mass is 35.5. The Kier molecular flexibility index (Phi) is 4.34. The van der Waals surface area contributed by atoms with Crippen LogP contribution in [0.4, 0.5) is 5.69 Å². The number of likely N-dealkylation sites (tertiary alicyclic amines) is 1. The average molecular weight is 406 g/mol. The van der Waals surface area contributed by atoms with E-state index in [-0.39, 0.29) is 17.9 Å². The highest BCUT2D eigenvalue weighted by Gasteiger charge is 2.71. The quantitative estimate of drug-likeness (QED) is 0.663. The Labute approximate surface area is 168 Å². The number of carbonyl (C=O) groups excluding carboxylic acids is 3. The summed E-state index contributed by atoms with van der Waals surface area (Å²) in [6, 6.07) is 2.42. The Morgan fingerprint density at radius 2 is 1.93 bits per heavy atom. The molecule has 0 aromatic heterocycles. The predicted molar refractivity (Wildman–Crippen MR) is 104 cm³/mol. The van der Waals surface area contributed by atoms with Gasteiger partial charge in [0.15, 0.2) is 0 Å². The van der Waals surface area contributed by atoms with Gasteiger partial charge in [-0.3, -0.25) is 24.6 Å². The molecule has 0 unspecified atom stereocenters. The van der Waals surface area contributed by atoms with Gasteiger partial charge < -0.3 is 10.4 Å². The first kappa shape index (κ1) is 19.4. The number of halogens is 1. The van der Waals surface area contributed by atoms with Gasteiger partial charge in [0, 0.05) is 28.4 Å². The smallest absolute Gasteiger partial charge is 0.250 e. The minimum absolute atomic E-state index is 0.276. The monoisotopic (exact) mass is 405 g/mol. The van der Waals surface area contributed by atoms with Crippen LogP contribution in [0, 0.1) is 18.8 Å². The van der Waals surface area contributed by atoms with Crippen LogP contribution in [-0.2, 0) is 19.9 Å². The summed E-state index contributed by atoms with van der Waals surface area (Å²) in [6.07, 6.45) is -0.303. The maximum absolute atomic E-state index is 13.4. The molecule has 2 fully saturated rings. The Hall–Kier alpha value is -1.96. The van der Waals surface area contributed by atoms with Crippen molar-refractivity contribution in [3.8, 4) is 0 Å². The molecule has 2 saturated heterocycles. The first-order valence-electron chi connectivity index (χ1n) is 9.59. The van der Waals surface area contributed by atoms with Crippen LogP contribution in [0.3, 0.4) is 0 Å². The number of rotatable bonds is 3. The molecule has 3 amide bonds. The molecule has 0 aliphatic carbocycles. The molecule has 28 heavy (non-hydrogen) atoms. The van der Waals surface area contributed by atoms with Crippen LogP contribution in [-0.4, -0.2) is 45.9 Å². The summed E-state index contributed by atoms with van der Waals surface area (Å²) in [5.74, 6) is -2.83. The van der Waals surface area contributed by atoms with Crippen LogP contribution in [0.15, 0.2) is 12.1 Å². The van der Waals surface area contributed by atoms with Gasteiger partial charge in [0.2, 0.25) is 17.7 Å². The number of anilines is 1. The van der Waals surface area contributed by atoms with Crippen LogP contribution < -0.4 is 10.6 Å². The van der Waals surface area contributed by atoms with Crippen molar-refractivity contribution in [1.82, 2.24) is 10.2 Å². The van der Waals surface area contributed by atoms with Gasteiger partial charge in [0.05, 0.1) is 17.9 Å². The molecule has 8 heteroatoms. The molecule has 4 rings (SSSR count). The maximum atomic E-state index is 13.4. The zero-order valence-electron chi connectivity index (χ0n) is 16.2. The Bertz CT molecular complexity index is 902. The lowest BCUT2D eigenvalue weighted by Crippen LogP contribution is -2.55. The third kappa shape index (κ3) is 2.27. The molecule has 150 valence electrons. The normalized spacial score (nSPS) is 33.3. The van der Waals surface area contributed by atoms with E-state index in [0.29, 0.717) is 22.7 Å². The molecule has 0 radical (unpaired) electrons. The molecule has 7 nitrogen and oxygen atoms in total. The van der Waals surface area contributed by atoms with E-state index in [2.05, 4.69) is 10.6 Å². The summed E-state index contributed by atoms with van der Waals surface area (Å²) in [5.41, 5.74) is 0.524. The number of carbonyl (C=O) groups is 3. The first-order valence-corrected chi connectivity index (χ1v) is 9.97. The lowest BCUT2D eigenvalue weighted by atomic mass is 9.76. The van der Waals surface area contributed by atoms with Gasteiger partial charge in [-0.15, -0.1) is 0 Å². The number of aryl methyl sites for hydroxylation is 1. The topological polar surface area (TPSA) is 98.7 Å². The Morgan fingerprint density at radius 1 is 1.25 bits per heavy atom. The van der Waals surface area contributed by atoms with Crippen molar-refractivity contribution in [3.63, 3.8) is 0 Å². The highest BCUT2D eigenvalue weighted by molar-refractivity contribution is 6.31. The van der Waals surface area contributed by atoms with E-state index in [4.69, 9.17) is 11.6 Å². The van der Waals surface area contributed by atoms with E-state index in [1.54, 1.807) is 19.1 Å². The van der Waals surface area contributed by atoms with E-state index in [1.807, 2.05) is 20.8 Å². The van der Waals surface area contributed by atoms with Crippen LogP contribution in [0.5, 0.6) is 0 Å². The summed E-state index contributed by atoms with van der Waals surface area (Å²) in [5, 5.41) is 16.9. The van der Waals surface area contributed by atoms with Crippen molar-refractivity contribution < 1.29 is 19.5 Å². The Morgan fingerprint density at radius 3 is 2.54 bits per heavy atom. The molecule has 3 N–H and O–H groups in total. The van der Waals surface area contributed by atoms with Crippen molar-refractivity contribution in [2.45, 2.75) is 57.8 Å². The van der Waals surface area contributed by atoms with Crippen LogP contribution >= 0.6 is 11.6 Å². The number of amides is 3. The van der Waals surface area contributed by atoms with Crippen molar-refractivity contribution >= 4 is 35.0 Å². The number of fused-ring (bicyclic) bond motifs is 4. The molecule has 3 heterocycles. The minimum atomic E-state index is -1.42. The van der Waals surface area contributed by atoms with Gasteiger partial charge in [0.25, 0.3) is 0 Å². The van der Waals surface area contributed by atoms with Gasteiger partial charge >= 0.3 is 0 Å². The van der Waals surface area contributed by atoms with Crippen molar-refractivity contribution in [1.29, 1.82) is 0 Å². The molecule has 1 aromatic rings. The molecule has 3 aliphatic heterocycles. The number of nitrogens with one attached hydrogen (secondary N) is 2. The standard InChI is InChI=1S/C20H24ClN3O4/c1-5-9(3)24-17(26)13-14(18(24)27)20(23-16(13)10(4)25)12-7-11(21)6-8(2)15(12)22-19(20)28/h6-7,9-10,13-14,16,23,25H,5H2,1-4H3,(H,22,28)/t9-,10+,13-,14-,16+,20+/m0/s1. The minimum Gasteiger partial charge on any atom is -0.392 e. The van der Waals surface area contributed by atoms with Crippen molar-refractivity contribution in [3.05, 3.63) is 28.3 Å². The number of nitrogens with zero attached hydrogens (tertiary/aromatic N) is 1. The van der Waals surface area contributed by atoms with Gasteiger partial charge in [-0.2, -0.15) is 0 Å². The zero-order chi connectivity index (χ0) is 20.5. The zero-order valence-corrected chi connectivity index (χ0v) is 17.0. The number of imide groups is 1. The van der Waals surface area contributed by atoms with Crippen molar-refractivity contribution in [2.24, 2.45) is 11.8 Å². The second-order valence-corrected chi connectivity index (χ2v) is 8.56.